The van der Waals surface area contributed by atoms with Crippen LogP contribution in [-0.4, -0.2) is 69.4 Å². The van der Waals surface area contributed by atoms with Gasteiger partial charge in [-0.1, -0.05) is 17.8 Å². The Morgan fingerprint density at radius 1 is 1.25 bits per heavy atom. The lowest BCUT2D eigenvalue weighted by molar-refractivity contribution is -0.124. The van der Waals surface area contributed by atoms with Crippen LogP contribution in [0.25, 0.3) is 10.2 Å². The Morgan fingerprint density at radius 2 is 1.96 bits per heavy atom. The topological polar surface area (TPSA) is 64.1 Å². The number of fused-ring (bicyclic) bond motifs is 1. The Hall–Kier alpha value is -1.90. The second-order valence-electron chi connectivity index (χ2n) is 7.22. The number of benzene rings is 1. The molecule has 8 heteroatoms. The van der Waals surface area contributed by atoms with Crippen LogP contribution in [0.2, 0.25) is 0 Å². The van der Waals surface area contributed by atoms with Crippen LogP contribution in [0.5, 0.6) is 11.5 Å². The van der Waals surface area contributed by atoms with E-state index in [0.29, 0.717) is 12.3 Å². The van der Waals surface area contributed by atoms with Gasteiger partial charge in [0.25, 0.3) is 0 Å². The van der Waals surface area contributed by atoms with Crippen molar-refractivity contribution in [2.24, 2.45) is 5.92 Å². The minimum Gasteiger partial charge on any atom is -0.495 e. The SMILES string of the molecule is COc1ccc(OC)c2sc(N(CCN3CCOCC3)C(=O)C3CCC3)nc12. The molecule has 1 aliphatic heterocycles. The first kappa shape index (κ1) is 19.4. The lowest BCUT2D eigenvalue weighted by Crippen LogP contribution is -2.45. The van der Waals surface area contributed by atoms with Crippen LogP contribution in [-0.2, 0) is 9.53 Å². The number of rotatable bonds is 7. The second kappa shape index (κ2) is 8.63. The first-order valence-corrected chi connectivity index (χ1v) is 10.7. The number of thiazole rings is 1. The molecule has 2 fully saturated rings. The third-order valence-corrected chi connectivity index (χ3v) is 6.69. The van der Waals surface area contributed by atoms with E-state index in [1.807, 2.05) is 17.0 Å². The fraction of sp³-hybridized carbons (Fsp3) is 0.600. The van der Waals surface area contributed by atoms with Gasteiger partial charge < -0.3 is 14.2 Å². The van der Waals surface area contributed by atoms with Gasteiger partial charge in [0.05, 0.1) is 27.4 Å². The average molecular weight is 406 g/mol. The molecule has 0 unspecified atom stereocenters. The maximum atomic E-state index is 13.2. The van der Waals surface area contributed by atoms with Crippen molar-refractivity contribution in [2.45, 2.75) is 19.3 Å². The van der Waals surface area contributed by atoms with Gasteiger partial charge >= 0.3 is 0 Å². The maximum absolute atomic E-state index is 13.2. The second-order valence-corrected chi connectivity index (χ2v) is 8.19. The highest BCUT2D eigenvalue weighted by Crippen LogP contribution is 2.41. The molecule has 4 rings (SSSR count). The van der Waals surface area contributed by atoms with Gasteiger partial charge in [-0.05, 0) is 25.0 Å². The summed E-state index contributed by atoms with van der Waals surface area (Å²) < 4.78 is 17.3. The molecule has 7 nitrogen and oxygen atoms in total. The van der Waals surface area contributed by atoms with Crippen molar-refractivity contribution >= 4 is 32.6 Å². The van der Waals surface area contributed by atoms with Crippen LogP contribution >= 0.6 is 11.3 Å². The minimum atomic E-state index is 0.125. The number of anilines is 1. The lowest BCUT2D eigenvalue weighted by atomic mass is 9.84. The molecule has 0 radical (unpaired) electrons. The number of nitrogens with zero attached hydrogens (tertiary/aromatic N) is 3. The molecule has 1 aliphatic carbocycles. The van der Waals surface area contributed by atoms with Crippen molar-refractivity contribution in [3.8, 4) is 11.5 Å². The summed E-state index contributed by atoms with van der Waals surface area (Å²) in [5.74, 6) is 1.77. The third-order valence-electron chi connectivity index (χ3n) is 5.59. The minimum absolute atomic E-state index is 0.125. The largest absolute Gasteiger partial charge is 0.495 e. The quantitative estimate of drug-likeness (QED) is 0.706. The molecule has 1 aromatic carbocycles. The molecule has 0 atom stereocenters. The number of methoxy groups -OCH3 is 2. The van der Waals surface area contributed by atoms with Crippen LogP contribution in [0.15, 0.2) is 12.1 Å². The fourth-order valence-electron chi connectivity index (χ4n) is 3.63. The summed E-state index contributed by atoms with van der Waals surface area (Å²) in [5.41, 5.74) is 0.750. The lowest BCUT2D eigenvalue weighted by Gasteiger charge is -2.33. The molecule has 0 spiro atoms. The van der Waals surface area contributed by atoms with Crippen LogP contribution in [0.4, 0.5) is 5.13 Å². The number of hydrogen-bond acceptors (Lipinski definition) is 7. The Balaban J connectivity index is 1.63. The highest BCUT2D eigenvalue weighted by atomic mass is 32.1. The van der Waals surface area contributed by atoms with E-state index in [-0.39, 0.29) is 11.8 Å². The molecule has 2 heterocycles. The molecular formula is C20H27N3O4S. The first-order valence-electron chi connectivity index (χ1n) is 9.84. The number of amides is 1. The number of morpholine rings is 1. The monoisotopic (exact) mass is 405 g/mol. The molecule has 28 heavy (non-hydrogen) atoms. The number of aromatic nitrogens is 1. The maximum Gasteiger partial charge on any atom is 0.231 e. The Kier molecular flexibility index (Phi) is 5.99. The van der Waals surface area contributed by atoms with Crippen molar-refractivity contribution < 1.29 is 19.0 Å². The van der Waals surface area contributed by atoms with Gasteiger partial charge in [-0.3, -0.25) is 14.6 Å². The first-order chi connectivity index (χ1) is 13.7. The summed E-state index contributed by atoms with van der Waals surface area (Å²) in [6, 6.07) is 3.74. The van der Waals surface area contributed by atoms with Crippen LogP contribution < -0.4 is 14.4 Å². The molecule has 1 amide bonds. The normalized spacial score (nSPS) is 18.1. The predicted octanol–water partition coefficient (Wildman–Crippen LogP) is 2.78. The van der Waals surface area contributed by atoms with E-state index in [0.717, 1.165) is 73.2 Å². The van der Waals surface area contributed by atoms with E-state index in [2.05, 4.69) is 4.90 Å². The zero-order valence-corrected chi connectivity index (χ0v) is 17.3. The zero-order chi connectivity index (χ0) is 19.5. The van der Waals surface area contributed by atoms with Crippen LogP contribution in [0, 0.1) is 5.92 Å². The van der Waals surface area contributed by atoms with E-state index in [1.54, 1.807) is 14.2 Å². The molecule has 0 bridgehead atoms. The summed E-state index contributed by atoms with van der Waals surface area (Å²) >= 11 is 1.50. The molecule has 2 aromatic rings. The van der Waals surface area contributed by atoms with E-state index < -0.39 is 0 Å². The van der Waals surface area contributed by atoms with E-state index in [9.17, 15) is 4.79 Å². The molecule has 0 N–H and O–H groups in total. The van der Waals surface area contributed by atoms with Gasteiger partial charge in [0.2, 0.25) is 5.91 Å². The molecule has 1 aromatic heterocycles. The molecular weight excluding hydrogens is 378 g/mol. The smallest absolute Gasteiger partial charge is 0.231 e. The van der Waals surface area contributed by atoms with E-state index in [4.69, 9.17) is 19.2 Å². The standard InChI is InChI=1S/C20H27N3O4S/c1-25-15-6-7-16(26-2)18-17(15)21-20(28-18)23(19(24)14-4-3-5-14)9-8-22-10-12-27-13-11-22/h6-7,14H,3-5,8-13H2,1-2H3. The molecule has 2 aliphatic rings. The van der Waals surface area contributed by atoms with Crippen molar-refractivity contribution in [2.75, 3.05) is 58.5 Å². The highest BCUT2D eigenvalue weighted by molar-refractivity contribution is 7.22. The van der Waals surface area contributed by atoms with Crippen molar-refractivity contribution in [3.05, 3.63) is 12.1 Å². The third kappa shape index (κ3) is 3.81. The van der Waals surface area contributed by atoms with Gasteiger partial charge in [-0.15, -0.1) is 0 Å². The van der Waals surface area contributed by atoms with Gasteiger partial charge in [0.15, 0.2) is 5.13 Å². The number of hydrogen-bond donors (Lipinski definition) is 0. The van der Waals surface area contributed by atoms with Gasteiger partial charge in [0, 0.05) is 32.1 Å². The van der Waals surface area contributed by atoms with Crippen molar-refractivity contribution in [3.63, 3.8) is 0 Å². The summed E-state index contributed by atoms with van der Waals surface area (Å²) in [6.45, 7) is 4.80. The summed E-state index contributed by atoms with van der Waals surface area (Å²) in [4.78, 5) is 22.2. The molecule has 152 valence electrons. The summed E-state index contributed by atoms with van der Waals surface area (Å²) in [7, 11) is 3.28. The van der Waals surface area contributed by atoms with Gasteiger partial charge in [-0.2, -0.15) is 0 Å². The predicted molar refractivity (Wildman–Crippen MR) is 110 cm³/mol. The molecule has 1 saturated carbocycles. The summed E-state index contributed by atoms with van der Waals surface area (Å²) in [6.07, 6.45) is 3.09. The van der Waals surface area contributed by atoms with E-state index >= 15 is 0 Å². The number of ether oxygens (including phenoxy) is 3. The zero-order valence-electron chi connectivity index (χ0n) is 16.5. The van der Waals surface area contributed by atoms with Gasteiger partial charge in [0.1, 0.15) is 21.7 Å². The number of carbonyl (C=O) groups is 1. The van der Waals surface area contributed by atoms with Crippen molar-refractivity contribution in [1.29, 1.82) is 0 Å². The Morgan fingerprint density at radius 3 is 2.61 bits per heavy atom. The van der Waals surface area contributed by atoms with Crippen LogP contribution in [0.3, 0.4) is 0 Å². The van der Waals surface area contributed by atoms with Crippen molar-refractivity contribution in [1.82, 2.24) is 9.88 Å². The molecule has 1 saturated heterocycles. The summed E-state index contributed by atoms with van der Waals surface area (Å²) in [5, 5.41) is 0.725. The van der Waals surface area contributed by atoms with Gasteiger partial charge in [-0.25, -0.2) is 4.98 Å². The van der Waals surface area contributed by atoms with E-state index in [1.165, 1.54) is 11.3 Å². The average Bonchev–Trinajstić information content (AvgIpc) is 3.12. The number of carbonyl (C=O) groups excluding carboxylic acids is 1. The van der Waals surface area contributed by atoms with Crippen LogP contribution in [0.1, 0.15) is 19.3 Å². The Bertz CT molecular complexity index is 789. The Labute approximate surface area is 169 Å². The highest BCUT2D eigenvalue weighted by Gasteiger charge is 2.32. The fourth-order valence-corrected chi connectivity index (χ4v) is 4.74.